The average molecular weight is 266 g/mol. The summed E-state index contributed by atoms with van der Waals surface area (Å²) in [6.45, 7) is 5.93. The number of hydrogen-bond acceptors (Lipinski definition) is 4. The Morgan fingerprint density at radius 3 is 2.56 bits per heavy atom. The van der Waals surface area contributed by atoms with Gasteiger partial charge in [0.25, 0.3) is 0 Å². The van der Waals surface area contributed by atoms with Gasteiger partial charge in [-0.25, -0.2) is 4.39 Å². The van der Waals surface area contributed by atoms with E-state index in [2.05, 4.69) is 10.1 Å². The van der Waals surface area contributed by atoms with E-state index < -0.39 is 0 Å². The molecule has 0 aliphatic rings. The van der Waals surface area contributed by atoms with E-state index in [1.54, 1.807) is 12.1 Å². The molecule has 3 nitrogen and oxygen atoms in total. The average Bonchev–Trinajstić information content (AvgIpc) is 2.81. The summed E-state index contributed by atoms with van der Waals surface area (Å²) in [5.74, 6) is 1.23. The molecule has 2 aromatic rings. The number of aromatic nitrogens is 2. The van der Waals surface area contributed by atoms with Gasteiger partial charge < -0.3 is 4.52 Å². The van der Waals surface area contributed by atoms with E-state index in [-0.39, 0.29) is 17.0 Å². The topological polar surface area (TPSA) is 38.9 Å². The zero-order valence-electron chi connectivity index (χ0n) is 10.6. The van der Waals surface area contributed by atoms with Gasteiger partial charge in [0.1, 0.15) is 5.82 Å². The van der Waals surface area contributed by atoms with Crippen molar-refractivity contribution in [2.24, 2.45) is 0 Å². The molecule has 1 atom stereocenters. The first-order valence-corrected chi connectivity index (χ1v) is 6.70. The molecule has 2 rings (SSSR count). The molecule has 1 heterocycles. The van der Waals surface area contributed by atoms with Gasteiger partial charge in [-0.05, 0) is 19.1 Å². The van der Waals surface area contributed by atoms with Crippen molar-refractivity contribution >= 4 is 11.8 Å². The van der Waals surface area contributed by atoms with Crippen LogP contribution in [-0.2, 0) is 0 Å². The maximum absolute atomic E-state index is 13.5. The standard InChI is InChI=1S/C13H15FN2OS/c1-8(2)12-15-13(17-16-12)9(3)18-11-7-5-4-6-10(11)14/h4-9H,1-3H3. The van der Waals surface area contributed by atoms with Gasteiger partial charge in [-0.3, -0.25) is 0 Å². The van der Waals surface area contributed by atoms with E-state index in [0.717, 1.165) is 0 Å². The van der Waals surface area contributed by atoms with Gasteiger partial charge in [-0.15, -0.1) is 11.8 Å². The van der Waals surface area contributed by atoms with Gasteiger partial charge in [0, 0.05) is 10.8 Å². The summed E-state index contributed by atoms with van der Waals surface area (Å²) in [4.78, 5) is 4.91. The normalized spacial score (nSPS) is 12.9. The first kappa shape index (κ1) is 13.1. The van der Waals surface area contributed by atoms with Crippen LogP contribution in [0.1, 0.15) is 43.7 Å². The smallest absolute Gasteiger partial charge is 0.239 e. The molecule has 0 fully saturated rings. The Morgan fingerprint density at radius 1 is 1.22 bits per heavy atom. The predicted molar refractivity (Wildman–Crippen MR) is 69.1 cm³/mol. The fourth-order valence-electron chi connectivity index (χ4n) is 1.43. The second kappa shape index (κ2) is 5.52. The molecule has 1 unspecified atom stereocenters. The molecule has 18 heavy (non-hydrogen) atoms. The lowest BCUT2D eigenvalue weighted by molar-refractivity contribution is 0.373. The van der Waals surface area contributed by atoms with Crippen molar-refractivity contribution in [3.8, 4) is 0 Å². The van der Waals surface area contributed by atoms with Crippen LogP contribution in [0.25, 0.3) is 0 Å². The van der Waals surface area contributed by atoms with Gasteiger partial charge in [-0.2, -0.15) is 4.98 Å². The minimum Gasteiger partial charge on any atom is -0.338 e. The molecule has 0 radical (unpaired) electrons. The molecular weight excluding hydrogens is 251 g/mol. The van der Waals surface area contributed by atoms with Crippen molar-refractivity contribution < 1.29 is 8.91 Å². The number of nitrogens with zero attached hydrogens (tertiary/aromatic N) is 2. The number of hydrogen-bond donors (Lipinski definition) is 0. The van der Waals surface area contributed by atoms with E-state index in [0.29, 0.717) is 16.6 Å². The largest absolute Gasteiger partial charge is 0.338 e. The molecule has 0 N–H and O–H groups in total. The lowest BCUT2D eigenvalue weighted by Gasteiger charge is -2.06. The summed E-state index contributed by atoms with van der Waals surface area (Å²) in [6, 6.07) is 6.68. The van der Waals surface area contributed by atoms with Crippen LogP contribution in [0.3, 0.4) is 0 Å². The first-order chi connectivity index (χ1) is 8.58. The van der Waals surface area contributed by atoms with Crippen LogP contribution in [0.5, 0.6) is 0 Å². The first-order valence-electron chi connectivity index (χ1n) is 5.82. The Kier molecular flexibility index (Phi) is 4.01. The summed E-state index contributed by atoms with van der Waals surface area (Å²) in [6.07, 6.45) is 0. The summed E-state index contributed by atoms with van der Waals surface area (Å²) in [5.41, 5.74) is 0. The third-order valence-electron chi connectivity index (χ3n) is 2.46. The fourth-order valence-corrected chi connectivity index (χ4v) is 2.34. The van der Waals surface area contributed by atoms with Crippen molar-refractivity contribution in [3.05, 3.63) is 41.8 Å². The van der Waals surface area contributed by atoms with Crippen molar-refractivity contribution in [1.82, 2.24) is 10.1 Å². The SMILES string of the molecule is CC(C)c1noc(C(C)Sc2ccccc2F)n1. The number of benzene rings is 1. The van der Waals surface area contributed by atoms with Gasteiger partial charge >= 0.3 is 0 Å². The lowest BCUT2D eigenvalue weighted by atomic mass is 10.2. The van der Waals surface area contributed by atoms with Crippen LogP contribution in [-0.4, -0.2) is 10.1 Å². The molecule has 0 amide bonds. The third kappa shape index (κ3) is 2.90. The van der Waals surface area contributed by atoms with Gasteiger partial charge in [-0.1, -0.05) is 31.1 Å². The van der Waals surface area contributed by atoms with E-state index in [4.69, 9.17) is 4.52 Å². The summed E-state index contributed by atoms with van der Waals surface area (Å²) in [7, 11) is 0. The van der Waals surface area contributed by atoms with Crippen molar-refractivity contribution in [2.45, 2.75) is 36.8 Å². The molecule has 0 spiro atoms. The highest BCUT2D eigenvalue weighted by Gasteiger charge is 2.18. The minimum atomic E-state index is -0.224. The Bertz CT molecular complexity index is 527. The second-order valence-corrected chi connectivity index (χ2v) is 5.72. The molecule has 0 saturated carbocycles. The molecule has 0 bridgehead atoms. The van der Waals surface area contributed by atoms with E-state index in [9.17, 15) is 4.39 Å². The summed E-state index contributed by atoms with van der Waals surface area (Å²) < 4.78 is 18.7. The molecule has 1 aromatic heterocycles. The molecule has 5 heteroatoms. The monoisotopic (exact) mass is 266 g/mol. The van der Waals surface area contributed by atoms with E-state index in [1.165, 1.54) is 17.8 Å². The van der Waals surface area contributed by atoms with Gasteiger partial charge in [0.05, 0.1) is 5.25 Å². The van der Waals surface area contributed by atoms with Crippen molar-refractivity contribution in [2.75, 3.05) is 0 Å². The Hall–Kier alpha value is -1.36. The third-order valence-corrected chi connectivity index (χ3v) is 3.60. The van der Waals surface area contributed by atoms with Crippen LogP contribution >= 0.6 is 11.8 Å². The van der Waals surface area contributed by atoms with Crippen molar-refractivity contribution in [1.29, 1.82) is 0 Å². The molecule has 96 valence electrons. The highest BCUT2D eigenvalue weighted by molar-refractivity contribution is 7.99. The van der Waals surface area contributed by atoms with E-state index in [1.807, 2.05) is 26.8 Å². The molecule has 1 aromatic carbocycles. The van der Waals surface area contributed by atoms with E-state index >= 15 is 0 Å². The quantitative estimate of drug-likeness (QED) is 0.778. The highest BCUT2D eigenvalue weighted by atomic mass is 32.2. The van der Waals surface area contributed by atoms with Gasteiger partial charge in [0.15, 0.2) is 5.82 Å². The van der Waals surface area contributed by atoms with Crippen LogP contribution in [0.4, 0.5) is 4.39 Å². The van der Waals surface area contributed by atoms with Crippen molar-refractivity contribution in [3.63, 3.8) is 0 Å². The molecule has 0 saturated heterocycles. The van der Waals surface area contributed by atoms with Crippen LogP contribution < -0.4 is 0 Å². The Labute approximate surface area is 110 Å². The lowest BCUT2D eigenvalue weighted by Crippen LogP contribution is -1.93. The van der Waals surface area contributed by atoms with Crippen LogP contribution in [0.2, 0.25) is 0 Å². The summed E-state index contributed by atoms with van der Waals surface area (Å²) >= 11 is 1.38. The van der Waals surface area contributed by atoms with Crippen LogP contribution in [0, 0.1) is 5.82 Å². The van der Waals surface area contributed by atoms with Gasteiger partial charge in [0.2, 0.25) is 5.89 Å². The number of rotatable bonds is 4. The second-order valence-electron chi connectivity index (χ2n) is 4.34. The number of thioether (sulfide) groups is 1. The van der Waals surface area contributed by atoms with Crippen LogP contribution in [0.15, 0.2) is 33.7 Å². The minimum absolute atomic E-state index is 0.0677. The molecular formula is C13H15FN2OS. The Morgan fingerprint density at radius 2 is 1.94 bits per heavy atom. The number of halogens is 1. The zero-order valence-corrected chi connectivity index (χ0v) is 11.4. The fraction of sp³-hybridized carbons (Fsp3) is 0.385. The highest BCUT2D eigenvalue weighted by Crippen LogP contribution is 2.35. The Balaban J connectivity index is 2.12. The molecule has 0 aliphatic carbocycles. The molecule has 0 aliphatic heterocycles. The maximum atomic E-state index is 13.5. The predicted octanol–water partition coefficient (Wildman–Crippen LogP) is 4.19. The zero-order chi connectivity index (χ0) is 13.1. The maximum Gasteiger partial charge on any atom is 0.239 e. The summed E-state index contributed by atoms with van der Waals surface area (Å²) in [5, 5.41) is 3.84.